The molecule has 4 rings (SSSR count). The van der Waals surface area contributed by atoms with E-state index in [9.17, 15) is 0 Å². The second kappa shape index (κ2) is 6.39. The molecule has 3 unspecified atom stereocenters. The summed E-state index contributed by atoms with van der Waals surface area (Å²) in [5, 5.41) is 0. The Morgan fingerprint density at radius 2 is 1.14 bits per heavy atom. The highest BCUT2D eigenvalue weighted by Gasteiger charge is 2.46. The van der Waals surface area contributed by atoms with Crippen molar-refractivity contribution in [2.24, 2.45) is 0 Å². The van der Waals surface area contributed by atoms with E-state index in [0.29, 0.717) is 24.4 Å². The molecule has 4 aliphatic rings. The van der Waals surface area contributed by atoms with E-state index in [-0.39, 0.29) is 11.6 Å². The molecular formula is C18H32O4. The summed E-state index contributed by atoms with van der Waals surface area (Å²) < 4.78 is 23.1. The molecule has 0 aromatic heterocycles. The third kappa shape index (κ3) is 3.35. The zero-order valence-electron chi connectivity index (χ0n) is 14.6. The number of hydrogen-bond donors (Lipinski definition) is 0. The molecule has 4 fully saturated rings. The van der Waals surface area contributed by atoms with Gasteiger partial charge >= 0.3 is 0 Å². The average molecular weight is 312 g/mol. The van der Waals surface area contributed by atoms with Crippen LogP contribution in [0.4, 0.5) is 0 Å². The van der Waals surface area contributed by atoms with E-state index in [1.54, 1.807) is 0 Å². The maximum absolute atomic E-state index is 5.80. The van der Waals surface area contributed by atoms with Crippen molar-refractivity contribution in [3.05, 3.63) is 0 Å². The molecule has 4 heteroatoms. The lowest BCUT2D eigenvalue weighted by Gasteiger charge is -2.26. The smallest absolute Gasteiger partial charge is 0.166 e. The lowest BCUT2D eigenvalue weighted by atomic mass is 10.0. The van der Waals surface area contributed by atoms with Crippen LogP contribution in [0.3, 0.4) is 0 Å². The van der Waals surface area contributed by atoms with Gasteiger partial charge in [-0.05, 0) is 52.4 Å². The number of hydrogen-bond acceptors (Lipinski definition) is 4. The Kier molecular flexibility index (Phi) is 4.84. The first kappa shape index (κ1) is 16.7. The Morgan fingerprint density at radius 3 is 1.45 bits per heavy atom. The standard InChI is InChI=1S/2C9H16O2/c2*1-3-7-8-5-4-6-9(2,10-7)11-8/h2*7-8H,3-6H2,1-2H3/t7-,8-,9+;/m1./s1. The molecule has 0 aromatic rings. The van der Waals surface area contributed by atoms with Crippen molar-refractivity contribution >= 4 is 0 Å². The van der Waals surface area contributed by atoms with Gasteiger partial charge in [-0.1, -0.05) is 13.8 Å². The summed E-state index contributed by atoms with van der Waals surface area (Å²) in [6, 6.07) is 0. The highest BCUT2D eigenvalue weighted by Crippen LogP contribution is 2.41. The maximum Gasteiger partial charge on any atom is 0.166 e. The van der Waals surface area contributed by atoms with Crippen molar-refractivity contribution in [3.63, 3.8) is 0 Å². The first-order valence-corrected chi connectivity index (χ1v) is 9.18. The molecule has 128 valence electrons. The van der Waals surface area contributed by atoms with Gasteiger partial charge in [0.25, 0.3) is 0 Å². The molecule has 4 saturated heterocycles. The molecule has 0 amide bonds. The monoisotopic (exact) mass is 312 g/mol. The minimum Gasteiger partial charge on any atom is -0.344 e. The van der Waals surface area contributed by atoms with Crippen LogP contribution in [0, 0.1) is 0 Å². The van der Waals surface area contributed by atoms with Gasteiger partial charge in [-0.3, -0.25) is 0 Å². The zero-order valence-corrected chi connectivity index (χ0v) is 14.6. The number of fused-ring (bicyclic) bond motifs is 4. The molecule has 0 radical (unpaired) electrons. The van der Waals surface area contributed by atoms with Crippen LogP contribution in [0.1, 0.15) is 79.1 Å². The minimum atomic E-state index is -0.233. The molecule has 4 nitrogen and oxygen atoms in total. The van der Waals surface area contributed by atoms with E-state index in [1.807, 2.05) is 0 Å². The summed E-state index contributed by atoms with van der Waals surface area (Å²) in [6.07, 6.45) is 10.7. The Hall–Kier alpha value is -0.160. The number of ether oxygens (including phenoxy) is 4. The van der Waals surface area contributed by atoms with Gasteiger partial charge < -0.3 is 18.9 Å². The molecule has 0 N–H and O–H groups in total. The summed E-state index contributed by atoms with van der Waals surface area (Å²) in [5.74, 6) is -0.465. The summed E-state index contributed by atoms with van der Waals surface area (Å²) in [5.41, 5.74) is 0. The molecule has 4 bridgehead atoms. The molecule has 22 heavy (non-hydrogen) atoms. The number of rotatable bonds is 2. The molecule has 0 aromatic carbocycles. The van der Waals surface area contributed by atoms with Crippen LogP contribution in [0.25, 0.3) is 0 Å². The van der Waals surface area contributed by atoms with Gasteiger partial charge in [0.15, 0.2) is 11.6 Å². The quantitative estimate of drug-likeness (QED) is 0.767. The second-order valence-electron chi connectivity index (χ2n) is 7.49. The Morgan fingerprint density at radius 1 is 0.727 bits per heavy atom. The van der Waals surface area contributed by atoms with Gasteiger partial charge in [0, 0.05) is 12.8 Å². The van der Waals surface area contributed by atoms with Crippen LogP contribution in [0.15, 0.2) is 0 Å². The Balaban J connectivity index is 0.000000131. The first-order valence-electron chi connectivity index (χ1n) is 9.18. The van der Waals surface area contributed by atoms with Crippen LogP contribution < -0.4 is 0 Å². The molecular weight excluding hydrogens is 280 g/mol. The zero-order chi connectivity index (χ0) is 15.8. The summed E-state index contributed by atoms with van der Waals surface area (Å²) in [6.45, 7) is 8.46. The van der Waals surface area contributed by atoms with E-state index in [4.69, 9.17) is 18.9 Å². The van der Waals surface area contributed by atoms with Crippen molar-refractivity contribution < 1.29 is 18.9 Å². The van der Waals surface area contributed by atoms with Gasteiger partial charge in [-0.15, -0.1) is 0 Å². The highest BCUT2D eigenvalue weighted by molar-refractivity contribution is 4.88. The lowest BCUT2D eigenvalue weighted by Crippen LogP contribution is -2.30. The third-order valence-electron chi connectivity index (χ3n) is 5.48. The normalized spacial score (nSPS) is 49.6. The van der Waals surface area contributed by atoms with E-state index in [0.717, 1.165) is 25.7 Å². The SMILES string of the molecule is CCC1OC2(C)CCCC1O2.CC[C@H]1O[C@]2(C)CCC[C@H]1O2. The molecule has 4 aliphatic heterocycles. The van der Waals surface area contributed by atoms with Gasteiger partial charge in [0.2, 0.25) is 0 Å². The van der Waals surface area contributed by atoms with Crippen LogP contribution in [0.5, 0.6) is 0 Å². The third-order valence-corrected chi connectivity index (χ3v) is 5.48. The van der Waals surface area contributed by atoms with E-state index in [1.165, 1.54) is 25.7 Å². The topological polar surface area (TPSA) is 36.9 Å². The molecule has 0 spiro atoms. The van der Waals surface area contributed by atoms with Crippen LogP contribution >= 0.6 is 0 Å². The lowest BCUT2D eigenvalue weighted by molar-refractivity contribution is -0.179. The second-order valence-corrected chi connectivity index (χ2v) is 7.49. The highest BCUT2D eigenvalue weighted by atomic mass is 16.8. The van der Waals surface area contributed by atoms with Gasteiger partial charge in [-0.25, -0.2) is 0 Å². The summed E-state index contributed by atoms with van der Waals surface area (Å²) in [7, 11) is 0. The van der Waals surface area contributed by atoms with Crippen LogP contribution in [-0.2, 0) is 18.9 Å². The first-order chi connectivity index (χ1) is 10.5. The predicted molar refractivity (Wildman–Crippen MR) is 84.6 cm³/mol. The molecule has 4 heterocycles. The van der Waals surface area contributed by atoms with Crippen LogP contribution in [-0.4, -0.2) is 36.0 Å². The fourth-order valence-electron chi connectivity index (χ4n) is 4.31. The van der Waals surface area contributed by atoms with E-state index >= 15 is 0 Å². The van der Waals surface area contributed by atoms with Crippen molar-refractivity contribution in [1.29, 1.82) is 0 Å². The molecule has 6 atom stereocenters. The van der Waals surface area contributed by atoms with Crippen molar-refractivity contribution in [1.82, 2.24) is 0 Å². The Labute approximate surface area is 134 Å². The van der Waals surface area contributed by atoms with E-state index < -0.39 is 0 Å². The molecule has 0 aliphatic carbocycles. The summed E-state index contributed by atoms with van der Waals surface area (Å²) in [4.78, 5) is 0. The molecule has 0 saturated carbocycles. The van der Waals surface area contributed by atoms with Crippen molar-refractivity contribution in [2.75, 3.05) is 0 Å². The van der Waals surface area contributed by atoms with Crippen LogP contribution in [0.2, 0.25) is 0 Å². The maximum atomic E-state index is 5.80. The Bertz CT molecular complexity index is 351. The van der Waals surface area contributed by atoms with Crippen molar-refractivity contribution in [3.8, 4) is 0 Å². The predicted octanol–water partition coefficient (Wildman–Crippen LogP) is 4.16. The fraction of sp³-hybridized carbons (Fsp3) is 1.00. The largest absolute Gasteiger partial charge is 0.344 e. The fourth-order valence-corrected chi connectivity index (χ4v) is 4.31. The average Bonchev–Trinajstić information content (AvgIpc) is 2.87. The van der Waals surface area contributed by atoms with Gasteiger partial charge in [0.05, 0.1) is 24.4 Å². The van der Waals surface area contributed by atoms with E-state index in [2.05, 4.69) is 27.7 Å². The van der Waals surface area contributed by atoms with Crippen molar-refractivity contribution in [2.45, 2.75) is 115 Å². The van der Waals surface area contributed by atoms with Gasteiger partial charge in [0.1, 0.15) is 0 Å². The summed E-state index contributed by atoms with van der Waals surface area (Å²) >= 11 is 0. The van der Waals surface area contributed by atoms with Gasteiger partial charge in [-0.2, -0.15) is 0 Å². The minimum absolute atomic E-state index is 0.233.